The molecular formula is C20H26N4O3. The molecule has 2 aliphatic rings. The molecule has 0 radical (unpaired) electrons. The first-order valence-corrected chi connectivity index (χ1v) is 9.55. The molecule has 0 bridgehead atoms. The van der Waals surface area contributed by atoms with Gasteiger partial charge in [-0.15, -0.1) is 10.2 Å². The highest BCUT2D eigenvalue weighted by atomic mass is 16.5. The number of rotatable bonds is 5. The van der Waals surface area contributed by atoms with Crippen molar-refractivity contribution in [1.29, 1.82) is 0 Å². The summed E-state index contributed by atoms with van der Waals surface area (Å²) in [5.41, 5.74) is 0.149. The van der Waals surface area contributed by atoms with Crippen molar-refractivity contribution in [3.05, 3.63) is 41.5 Å². The zero-order valence-corrected chi connectivity index (χ0v) is 15.9. The fraction of sp³-hybridized carbons (Fsp3) is 0.550. The van der Waals surface area contributed by atoms with Gasteiger partial charge in [-0.25, -0.2) is 0 Å². The maximum Gasteiger partial charge on any atom is 0.248 e. The molecule has 1 amide bonds. The third-order valence-electron chi connectivity index (χ3n) is 5.66. The van der Waals surface area contributed by atoms with Gasteiger partial charge in [0.25, 0.3) is 0 Å². The van der Waals surface area contributed by atoms with Gasteiger partial charge in [0.2, 0.25) is 5.91 Å². The minimum atomic E-state index is -0.839. The van der Waals surface area contributed by atoms with Gasteiger partial charge in [0.05, 0.1) is 13.7 Å². The summed E-state index contributed by atoms with van der Waals surface area (Å²) in [5.74, 6) is 2.76. The molecule has 1 aromatic heterocycles. The number of hydrogen-bond acceptors (Lipinski definition) is 5. The van der Waals surface area contributed by atoms with Crippen LogP contribution < -0.4 is 10.1 Å². The second-order valence-electron chi connectivity index (χ2n) is 7.59. The number of benzene rings is 1. The van der Waals surface area contributed by atoms with Gasteiger partial charge < -0.3 is 14.8 Å². The van der Waals surface area contributed by atoms with Crippen molar-refractivity contribution in [2.24, 2.45) is 0 Å². The quantitative estimate of drug-likeness (QED) is 0.875. The van der Waals surface area contributed by atoms with E-state index in [4.69, 9.17) is 9.47 Å². The molecule has 1 saturated carbocycles. The molecule has 1 unspecified atom stereocenters. The Bertz CT molecular complexity index is 828. The lowest BCUT2D eigenvalue weighted by Crippen LogP contribution is -2.53. The summed E-state index contributed by atoms with van der Waals surface area (Å²) in [6, 6.07) is 7.70. The average Bonchev–Trinajstić information content (AvgIpc) is 3.36. The molecule has 2 heterocycles. The van der Waals surface area contributed by atoms with Gasteiger partial charge in [0.1, 0.15) is 23.7 Å². The molecule has 0 saturated heterocycles. The van der Waals surface area contributed by atoms with E-state index >= 15 is 0 Å². The fourth-order valence-electron chi connectivity index (χ4n) is 4.14. The molecule has 0 spiro atoms. The van der Waals surface area contributed by atoms with Crippen molar-refractivity contribution in [3.63, 3.8) is 0 Å². The fourth-order valence-corrected chi connectivity index (χ4v) is 4.14. The van der Waals surface area contributed by atoms with E-state index in [0.29, 0.717) is 25.7 Å². The number of nitrogens with one attached hydrogen (secondary N) is 1. The number of aromatic nitrogens is 3. The summed E-state index contributed by atoms with van der Waals surface area (Å²) in [4.78, 5) is 13.2. The molecule has 4 rings (SSSR count). The molecule has 2 aromatic rings. The number of carbonyl (C=O) groups excluding carboxylic acids is 1. The van der Waals surface area contributed by atoms with Crippen LogP contribution in [-0.4, -0.2) is 34.4 Å². The maximum atomic E-state index is 13.2. The van der Waals surface area contributed by atoms with Crippen LogP contribution in [0.25, 0.3) is 0 Å². The van der Waals surface area contributed by atoms with E-state index in [0.717, 1.165) is 35.8 Å². The van der Waals surface area contributed by atoms with E-state index in [2.05, 4.69) is 15.5 Å². The van der Waals surface area contributed by atoms with Crippen LogP contribution in [0, 0.1) is 0 Å². The van der Waals surface area contributed by atoms with Crippen molar-refractivity contribution in [2.75, 3.05) is 13.7 Å². The molecule has 1 atom stereocenters. The highest BCUT2D eigenvalue weighted by molar-refractivity contribution is 5.84. The second-order valence-corrected chi connectivity index (χ2v) is 7.59. The predicted octanol–water partition coefficient (Wildman–Crippen LogP) is 2.51. The Kier molecular flexibility index (Phi) is 4.86. The van der Waals surface area contributed by atoms with Crippen LogP contribution in [0.3, 0.4) is 0 Å². The molecule has 1 aliphatic heterocycles. The van der Waals surface area contributed by atoms with Gasteiger partial charge in [-0.2, -0.15) is 0 Å². The maximum absolute atomic E-state index is 13.2. The Balaban J connectivity index is 1.56. The van der Waals surface area contributed by atoms with Crippen molar-refractivity contribution < 1.29 is 14.3 Å². The van der Waals surface area contributed by atoms with Crippen molar-refractivity contribution >= 4 is 5.91 Å². The van der Waals surface area contributed by atoms with E-state index in [9.17, 15) is 4.79 Å². The van der Waals surface area contributed by atoms with E-state index in [-0.39, 0.29) is 5.91 Å². The second kappa shape index (κ2) is 7.31. The van der Waals surface area contributed by atoms with Crippen LogP contribution in [-0.2, 0) is 28.2 Å². The summed E-state index contributed by atoms with van der Waals surface area (Å²) in [6.07, 6.45) is 4.64. The number of carbonyl (C=O) groups is 1. The molecule has 7 nitrogen and oxygen atoms in total. The number of hydrogen-bond donors (Lipinski definition) is 1. The van der Waals surface area contributed by atoms with Gasteiger partial charge in [-0.05, 0) is 37.5 Å². The number of nitrogens with zero attached hydrogens (tertiary/aromatic N) is 3. The molecule has 1 fully saturated rings. The van der Waals surface area contributed by atoms with Crippen molar-refractivity contribution in [1.82, 2.24) is 20.1 Å². The zero-order valence-electron chi connectivity index (χ0n) is 15.9. The summed E-state index contributed by atoms with van der Waals surface area (Å²) in [5, 5.41) is 11.8. The zero-order chi connectivity index (χ0) is 18.9. The first kappa shape index (κ1) is 18.0. The third kappa shape index (κ3) is 3.32. The third-order valence-corrected chi connectivity index (χ3v) is 5.66. The molecular weight excluding hydrogens is 344 g/mol. The summed E-state index contributed by atoms with van der Waals surface area (Å²) in [7, 11) is 1.64. The lowest BCUT2D eigenvalue weighted by Gasteiger charge is -2.36. The lowest BCUT2D eigenvalue weighted by molar-refractivity contribution is -0.135. The Labute approximate surface area is 159 Å². The Morgan fingerprint density at radius 1 is 1.37 bits per heavy atom. The van der Waals surface area contributed by atoms with Crippen molar-refractivity contribution in [2.45, 2.75) is 57.2 Å². The molecule has 1 N–H and O–H groups in total. The van der Waals surface area contributed by atoms with Gasteiger partial charge in [-0.3, -0.25) is 9.36 Å². The van der Waals surface area contributed by atoms with Gasteiger partial charge >= 0.3 is 0 Å². The van der Waals surface area contributed by atoms with Crippen LogP contribution in [0.4, 0.5) is 0 Å². The van der Waals surface area contributed by atoms with E-state index in [1.54, 1.807) is 7.11 Å². The monoisotopic (exact) mass is 370 g/mol. The van der Waals surface area contributed by atoms with Crippen LogP contribution in [0.1, 0.15) is 55.7 Å². The number of fused-ring (bicyclic) bond motifs is 1. The number of methoxy groups -OCH3 is 1. The SMILES string of the molecule is COc1cccc(CNC(=O)C2(C)COCc3nnc(C4CCCC4)n32)c1. The van der Waals surface area contributed by atoms with Crippen LogP contribution >= 0.6 is 0 Å². The minimum absolute atomic E-state index is 0.0784. The molecule has 7 heteroatoms. The summed E-state index contributed by atoms with van der Waals surface area (Å²) in [6.45, 7) is 3.07. The van der Waals surface area contributed by atoms with Crippen LogP contribution in [0.15, 0.2) is 24.3 Å². The van der Waals surface area contributed by atoms with Gasteiger partial charge in [0.15, 0.2) is 5.82 Å². The van der Waals surface area contributed by atoms with Gasteiger partial charge in [-0.1, -0.05) is 25.0 Å². The lowest BCUT2D eigenvalue weighted by atomic mass is 9.97. The van der Waals surface area contributed by atoms with E-state index < -0.39 is 5.54 Å². The number of ether oxygens (including phenoxy) is 2. The molecule has 144 valence electrons. The first-order chi connectivity index (χ1) is 13.1. The van der Waals surface area contributed by atoms with Crippen LogP contribution in [0.2, 0.25) is 0 Å². The molecule has 27 heavy (non-hydrogen) atoms. The Morgan fingerprint density at radius 2 is 2.19 bits per heavy atom. The summed E-state index contributed by atoms with van der Waals surface area (Å²) >= 11 is 0. The minimum Gasteiger partial charge on any atom is -0.497 e. The standard InChI is InChI=1S/C20H26N4O3/c1-20(19(25)21-11-14-6-5-9-16(10-14)26-2)13-27-12-17-22-23-18(24(17)20)15-7-3-4-8-15/h5-6,9-10,15H,3-4,7-8,11-13H2,1-2H3,(H,21,25). The van der Waals surface area contributed by atoms with Crippen LogP contribution in [0.5, 0.6) is 5.75 Å². The van der Waals surface area contributed by atoms with Crippen molar-refractivity contribution in [3.8, 4) is 5.75 Å². The average molecular weight is 370 g/mol. The van der Waals surface area contributed by atoms with Gasteiger partial charge in [0, 0.05) is 12.5 Å². The smallest absolute Gasteiger partial charge is 0.248 e. The Hall–Kier alpha value is -2.41. The molecule has 1 aromatic carbocycles. The van der Waals surface area contributed by atoms with E-state index in [1.807, 2.05) is 35.8 Å². The highest BCUT2D eigenvalue weighted by Crippen LogP contribution is 2.37. The molecule has 1 aliphatic carbocycles. The van der Waals surface area contributed by atoms with E-state index in [1.165, 1.54) is 12.8 Å². The first-order valence-electron chi connectivity index (χ1n) is 9.55. The number of amides is 1. The topological polar surface area (TPSA) is 78.3 Å². The predicted molar refractivity (Wildman–Crippen MR) is 99.4 cm³/mol. The summed E-state index contributed by atoms with van der Waals surface area (Å²) < 4.78 is 13.0. The largest absolute Gasteiger partial charge is 0.497 e. The Morgan fingerprint density at radius 3 is 2.96 bits per heavy atom. The highest BCUT2D eigenvalue weighted by Gasteiger charge is 2.43. The normalized spacial score (nSPS) is 22.4.